The van der Waals surface area contributed by atoms with Crippen LogP contribution in [0.2, 0.25) is 0 Å². The molecule has 0 fully saturated rings. The second-order valence-electron chi connectivity index (χ2n) is 3.12. The maximum Gasteiger partial charge on any atom is 0.213 e. The summed E-state index contributed by atoms with van der Waals surface area (Å²) in [5.74, 6) is 0.664. The smallest absolute Gasteiger partial charge is 0.213 e. The molecule has 0 aliphatic carbocycles. The summed E-state index contributed by atoms with van der Waals surface area (Å²) in [6.07, 6.45) is 5.01. The van der Waals surface area contributed by atoms with Crippen molar-refractivity contribution in [1.29, 1.82) is 0 Å². The van der Waals surface area contributed by atoms with Gasteiger partial charge in [-0.05, 0) is 6.92 Å². The van der Waals surface area contributed by atoms with Gasteiger partial charge < -0.3 is 14.4 Å². The highest BCUT2D eigenvalue weighted by Gasteiger charge is 2.01. The summed E-state index contributed by atoms with van der Waals surface area (Å²) in [4.78, 5) is 8.00. The van der Waals surface area contributed by atoms with Gasteiger partial charge in [0.1, 0.15) is 0 Å². The number of hydrogen-bond donors (Lipinski definition) is 1. The van der Waals surface area contributed by atoms with Crippen LogP contribution in [-0.4, -0.2) is 19.7 Å². The summed E-state index contributed by atoms with van der Waals surface area (Å²) >= 11 is 0. The highest BCUT2D eigenvalue weighted by molar-refractivity contribution is 4.97. The van der Waals surface area contributed by atoms with Gasteiger partial charge in [0.2, 0.25) is 6.39 Å². The summed E-state index contributed by atoms with van der Waals surface area (Å²) in [6.45, 7) is 4.37. The number of aromatic nitrogens is 4. The average molecular weight is 207 g/mol. The third-order valence-electron chi connectivity index (χ3n) is 2.14. The van der Waals surface area contributed by atoms with Gasteiger partial charge in [0.25, 0.3) is 0 Å². The second-order valence-corrected chi connectivity index (χ2v) is 3.12. The molecule has 80 valence electrons. The molecule has 0 spiro atoms. The van der Waals surface area contributed by atoms with Crippen molar-refractivity contribution in [2.75, 3.05) is 0 Å². The van der Waals surface area contributed by atoms with E-state index in [0.717, 1.165) is 18.8 Å². The molecule has 0 saturated carbocycles. The summed E-state index contributed by atoms with van der Waals surface area (Å²) < 4.78 is 6.72. The monoisotopic (exact) mass is 207 g/mol. The first-order valence-corrected chi connectivity index (χ1v) is 4.85. The molecule has 2 aromatic heterocycles. The van der Waals surface area contributed by atoms with Crippen molar-refractivity contribution >= 4 is 0 Å². The predicted octanol–water partition coefficient (Wildman–Crippen LogP) is 0.576. The molecular weight excluding hydrogens is 194 g/mol. The lowest BCUT2D eigenvalue weighted by Crippen LogP contribution is -2.16. The van der Waals surface area contributed by atoms with Gasteiger partial charge >= 0.3 is 0 Å². The Kier molecular flexibility index (Phi) is 3.08. The molecule has 0 amide bonds. The first-order valence-electron chi connectivity index (χ1n) is 4.85. The lowest BCUT2D eigenvalue weighted by atomic mass is 10.4. The second kappa shape index (κ2) is 4.70. The molecule has 0 radical (unpaired) electrons. The van der Waals surface area contributed by atoms with Crippen LogP contribution in [0, 0.1) is 0 Å². The molecule has 2 rings (SSSR count). The van der Waals surface area contributed by atoms with Gasteiger partial charge in [-0.15, -0.1) is 0 Å². The van der Waals surface area contributed by atoms with E-state index in [1.54, 1.807) is 0 Å². The first-order chi connectivity index (χ1) is 7.40. The topological polar surface area (TPSA) is 68.8 Å². The minimum Gasteiger partial charge on any atom is -0.343 e. The maximum atomic E-state index is 4.63. The van der Waals surface area contributed by atoms with E-state index in [1.807, 2.05) is 12.5 Å². The molecule has 6 nitrogen and oxygen atoms in total. The molecule has 15 heavy (non-hydrogen) atoms. The van der Waals surface area contributed by atoms with Crippen molar-refractivity contribution in [2.45, 2.75) is 26.6 Å². The van der Waals surface area contributed by atoms with Crippen molar-refractivity contribution in [3.8, 4) is 0 Å². The lowest BCUT2D eigenvalue weighted by molar-refractivity contribution is 0.407. The van der Waals surface area contributed by atoms with E-state index in [1.165, 1.54) is 6.39 Å². The van der Waals surface area contributed by atoms with Crippen LogP contribution in [0.5, 0.6) is 0 Å². The molecule has 0 saturated heterocycles. The van der Waals surface area contributed by atoms with Crippen molar-refractivity contribution in [3.05, 3.63) is 30.4 Å². The van der Waals surface area contributed by atoms with Crippen LogP contribution in [0.25, 0.3) is 0 Å². The normalized spacial score (nSPS) is 10.7. The zero-order valence-corrected chi connectivity index (χ0v) is 8.55. The lowest BCUT2D eigenvalue weighted by Gasteiger charge is -2.04. The van der Waals surface area contributed by atoms with Crippen molar-refractivity contribution in [1.82, 2.24) is 25.0 Å². The molecule has 6 heteroatoms. The quantitative estimate of drug-likeness (QED) is 0.776. The van der Waals surface area contributed by atoms with E-state index in [-0.39, 0.29) is 0 Å². The zero-order valence-electron chi connectivity index (χ0n) is 8.55. The molecule has 0 aliphatic heterocycles. The van der Waals surface area contributed by atoms with Gasteiger partial charge in [-0.1, -0.05) is 5.16 Å². The Morgan fingerprint density at radius 3 is 3.13 bits per heavy atom. The van der Waals surface area contributed by atoms with E-state index in [9.17, 15) is 0 Å². The Bertz CT molecular complexity index is 394. The SMILES string of the molecule is CCn1cncc1CNCc1ncon1. The minimum absolute atomic E-state index is 0.603. The number of rotatable bonds is 5. The third kappa shape index (κ3) is 2.41. The molecule has 2 heterocycles. The molecule has 2 aromatic rings. The van der Waals surface area contributed by atoms with Crippen LogP contribution in [0.3, 0.4) is 0 Å². The summed E-state index contributed by atoms with van der Waals surface area (Å²) in [6, 6.07) is 0. The molecule has 0 aromatic carbocycles. The fraction of sp³-hybridized carbons (Fsp3) is 0.444. The van der Waals surface area contributed by atoms with Gasteiger partial charge in [0.05, 0.1) is 18.6 Å². The van der Waals surface area contributed by atoms with E-state index in [2.05, 4.69) is 36.5 Å². The van der Waals surface area contributed by atoms with Crippen LogP contribution in [0.4, 0.5) is 0 Å². The standard InChI is InChI=1S/C9H13N5O/c1-2-14-6-11-4-8(14)3-10-5-9-12-7-15-13-9/h4,6-7,10H,2-3,5H2,1H3. The van der Waals surface area contributed by atoms with Crippen LogP contribution in [0.15, 0.2) is 23.4 Å². The molecule has 0 aliphatic rings. The number of nitrogens with one attached hydrogen (secondary N) is 1. The van der Waals surface area contributed by atoms with Crippen molar-refractivity contribution in [3.63, 3.8) is 0 Å². The predicted molar refractivity (Wildman–Crippen MR) is 52.7 cm³/mol. The number of aryl methyl sites for hydroxylation is 1. The zero-order chi connectivity index (χ0) is 10.5. The number of nitrogens with zero attached hydrogens (tertiary/aromatic N) is 4. The third-order valence-corrected chi connectivity index (χ3v) is 2.14. The van der Waals surface area contributed by atoms with Crippen molar-refractivity contribution in [2.24, 2.45) is 0 Å². The Balaban J connectivity index is 1.83. The van der Waals surface area contributed by atoms with Gasteiger partial charge in [-0.25, -0.2) is 4.98 Å². The molecule has 0 unspecified atom stereocenters. The summed E-state index contributed by atoms with van der Waals surface area (Å²) in [5.41, 5.74) is 1.15. The first kappa shape index (κ1) is 9.85. The van der Waals surface area contributed by atoms with Crippen LogP contribution in [-0.2, 0) is 19.6 Å². The maximum absolute atomic E-state index is 4.63. The average Bonchev–Trinajstić information content (AvgIpc) is 2.88. The van der Waals surface area contributed by atoms with E-state index >= 15 is 0 Å². The fourth-order valence-corrected chi connectivity index (χ4v) is 1.35. The van der Waals surface area contributed by atoms with Crippen molar-refractivity contribution < 1.29 is 4.52 Å². The van der Waals surface area contributed by atoms with E-state index in [4.69, 9.17) is 0 Å². The highest BCUT2D eigenvalue weighted by atomic mass is 16.5. The number of imidazole rings is 1. The fourth-order valence-electron chi connectivity index (χ4n) is 1.35. The Labute approximate surface area is 87.3 Å². The Hall–Kier alpha value is -1.69. The van der Waals surface area contributed by atoms with E-state index < -0.39 is 0 Å². The number of hydrogen-bond acceptors (Lipinski definition) is 5. The largest absolute Gasteiger partial charge is 0.343 e. The van der Waals surface area contributed by atoms with Crippen LogP contribution in [0.1, 0.15) is 18.4 Å². The van der Waals surface area contributed by atoms with Crippen LogP contribution >= 0.6 is 0 Å². The minimum atomic E-state index is 0.603. The Morgan fingerprint density at radius 2 is 2.40 bits per heavy atom. The summed E-state index contributed by atoms with van der Waals surface area (Å²) in [5, 5.41) is 6.93. The molecular formula is C9H13N5O. The molecule has 0 atom stereocenters. The Morgan fingerprint density at radius 1 is 1.47 bits per heavy atom. The van der Waals surface area contributed by atoms with Gasteiger partial charge in [-0.2, -0.15) is 4.98 Å². The van der Waals surface area contributed by atoms with E-state index in [0.29, 0.717) is 12.4 Å². The summed E-state index contributed by atoms with van der Waals surface area (Å²) in [7, 11) is 0. The molecule has 1 N–H and O–H groups in total. The highest BCUT2D eigenvalue weighted by Crippen LogP contribution is 1.98. The van der Waals surface area contributed by atoms with Gasteiger partial charge in [0.15, 0.2) is 5.82 Å². The van der Waals surface area contributed by atoms with Gasteiger partial charge in [0, 0.05) is 19.3 Å². The molecule has 0 bridgehead atoms. The van der Waals surface area contributed by atoms with Gasteiger partial charge in [-0.3, -0.25) is 0 Å². The van der Waals surface area contributed by atoms with Crippen LogP contribution < -0.4 is 5.32 Å².